The lowest BCUT2D eigenvalue weighted by atomic mass is 10.1. The molecule has 0 fully saturated rings. The van der Waals surface area contributed by atoms with Crippen molar-refractivity contribution in [3.8, 4) is 6.07 Å². The Morgan fingerprint density at radius 3 is 2.30 bits per heavy atom. The van der Waals surface area contributed by atoms with Gasteiger partial charge in [-0.1, -0.05) is 18.2 Å². The molecule has 1 heterocycles. The van der Waals surface area contributed by atoms with E-state index in [1.54, 1.807) is 24.4 Å². The predicted molar refractivity (Wildman–Crippen MR) is 69.2 cm³/mol. The molecule has 0 amide bonds. The monoisotopic (exact) mass is 274 g/mol. The fraction of sp³-hybridized carbons (Fsp3) is 0.0667. The Bertz CT molecular complexity index is 650. The number of hydrogen-bond acceptors (Lipinski definition) is 2. The molecule has 100 valence electrons. The van der Waals surface area contributed by atoms with E-state index in [0.29, 0.717) is 16.8 Å². The van der Waals surface area contributed by atoms with Crippen LogP contribution in [0.4, 0.5) is 13.2 Å². The smallest absolute Gasteiger partial charge is 0.256 e. The second-order valence-corrected chi connectivity index (χ2v) is 4.00. The summed E-state index contributed by atoms with van der Waals surface area (Å²) in [5.74, 6) is 0. The van der Waals surface area contributed by atoms with E-state index in [1.807, 2.05) is 6.07 Å². The van der Waals surface area contributed by atoms with Gasteiger partial charge in [0.25, 0.3) is 0 Å². The topological polar surface area (TPSA) is 36.7 Å². The van der Waals surface area contributed by atoms with Crippen molar-refractivity contribution < 1.29 is 13.2 Å². The molecule has 0 saturated carbocycles. The van der Waals surface area contributed by atoms with Crippen LogP contribution in [0.15, 0.2) is 48.7 Å². The molecule has 1 aromatic heterocycles. The van der Waals surface area contributed by atoms with Gasteiger partial charge in [-0.15, -0.1) is 0 Å². The van der Waals surface area contributed by atoms with Gasteiger partial charge in [0.1, 0.15) is 6.07 Å². The highest BCUT2D eigenvalue weighted by Crippen LogP contribution is 2.29. The minimum absolute atomic E-state index is 0.297. The van der Waals surface area contributed by atoms with Gasteiger partial charge in [0, 0.05) is 6.20 Å². The van der Waals surface area contributed by atoms with Gasteiger partial charge in [0.05, 0.1) is 16.8 Å². The first kappa shape index (κ1) is 13.8. The Morgan fingerprint density at radius 1 is 1.10 bits per heavy atom. The first-order valence-electron chi connectivity index (χ1n) is 5.71. The molecule has 0 atom stereocenters. The Balaban J connectivity index is 2.33. The highest BCUT2D eigenvalue weighted by molar-refractivity contribution is 5.88. The van der Waals surface area contributed by atoms with Crippen LogP contribution in [0, 0.1) is 11.3 Å². The van der Waals surface area contributed by atoms with Crippen LogP contribution in [-0.4, -0.2) is 4.98 Å². The van der Waals surface area contributed by atoms with Crippen molar-refractivity contribution in [1.29, 1.82) is 5.26 Å². The van der Waals surface area contributed by atoms with Crippen LogP contribution >= 0.6 is 0 Å². The van der Waals surface area contributed by atoms with Gasteiger partial charge < -0.3 is 0 Å². The number of nitriles is 1. The molecule has 0 aliphatic rings. The summed E-state index contributed by atoms with van der Waals surface area (Å²) in [6.07, 6.45) is -1.31. The number of benzene rings is 1. The van der Waals surface area contributed by atoms with E-state index in [4.69, 9.17) is 5.26 Å². The van der Waals surface area contributed by atoms with Crippen molar-refractivity contribution >= 4 is 11.6 Å². The molecule has 2 rings (SSSR count). The fourth-order valence-corrected chi connectivity index (χ4v) is 1.62. The zero-order valence-corrected chi connectivity index (χ0v) is 10.2. The first-order valence-corrected chi connectivity index (χ1v) is 5.71. The molecule has 1 aromatic carbocycles. The lowest BCUT2D eigenvalue weighted by molar-refractivity contribution is -0.137. The summed E-state index contributed by atoms with van der Waals surface area (Å²) in [5.41, 5.74) is 0.575. The molecule has 2 nitrogen and oxygen atoms in total. The van der Waals surface area contributed by atoms with Crippen LogP contribution in [-0.2, 0) is 6.18 Å². The number of pyridine rings is 1. The maximum atomic E-state index is 12.4. The largest absolute Gasteiger partial charge is 0.416 e. The lowest BCUT2D eigenvalue weighted by Gasteiger charge is -2.06. The Morgan fingerprint density at radius 2 is 1.80 bits per heavy atom. The van der Waals surface area contributed by atoms with Crippen molar-refractivity contribution in [3.63, 3.8) is 0 Å². The molecule has 20 heavy (non-hydrogen) atoms. The average molecular weight is 274 g/mol. The van der Waals surface area contributed by atoms with Gasteiger partial charge in [-0.05, 0) is 35.9 Å². The van der Waals surface area contributed by atoms with Gasteiger partial charge in [-0.2, -0.15) is 18.4 Å². The number of allylic oxidation sites excluding steroid dienone is 1. The van der Waals surface area contributed by atoms with Crippen molar-refractivity contribution in [2.45, 2.75) is 6.18 Å². The molecule has 0 spiro atoms. The van der Waals surface area contributed by atoms with Crippen LogP contribution < -0.4 is 0 Å². The number of aromatic nitrogens is 1. The molecule has 0 N–H and O–H groups in total. The molecule has 0 aliphatic carbocycles. The number of alkyl halides is 3. The Hall–Kier alpha value is -2.61. The summed E-state index contributed by atoms with van der Waals surface area (Å²) in [5, 5.41) is 9.09. The third-order valence-electron chi connectivity index (χ3n) is 2.61. The first-order chi connectivity index (χ1) is 9.50. The fourth-order valence-electron chi connectivity index (χ4n) is 1.62. The number of halogens is 3. The van der Waals surface area contributed by atoms with Crippen molar-refractivity contribution in [1.82, 2.24) is 4.98 Å². The number of hydrogen-bond donors (Lipinski definition) is 0. The predicted octanol–water partition coefficient (Wildman–Crippen LogP) is 4.16. The van der Waals surface area contributed by atoms with E-state index < -0.39 is 11.7 Å². The quantitative estimate of drug-likeness (QED) is 0.771. The van der Waals surface area contributed by atoms with E-state index in [0.717, 1.165) is 12.1 Å². The van der Waals surface area contributed by atoms with Crippen LogP contribution in [0.2, 0.25) is 0 Å². The summed E-state index contributed by atoms with van der Waals surface area (Å²) in [7, 11) is 0. The van der Waals surface area contributed by atoms with E-state index in [-0.39, 0.29) is 0 Å². The van der Waals surface area contributed by atoms with Gasteiger partial charge in [-0.25, -0.2) is 0 Å². The summed E-state index contributed by atoms with van der Waals surface area (Å²) in [6, 6.07) is 11.7. The minimum atomic E-state index is -4.36. The van der Waals surface area contributed by atoms with E-state index >= 15 is 0 Å². The van der Waals surface area contributed by atoms with E-state index in [9.17, 15) is 13.2 Å². The second-order valence-electron chi connectivity index (χ2n) is 4.00. The van der Waals surface area contributed by atoms with Gasteiger partial charge in [0.2, 0.25) is 0 Å². The van der Waals surface area contributed by atoms with Gasteiger partial charge in [-0.3, -0.25) is 4.98 Å². The summed E-state index contributed by atoms with van der Waals surface area (Å²) >= 11 is 0. The van der Waals surface area contributed by atoms with E-state index in [1.165, 1.54) is 18.2 Å². The molecule has 0 aliphatic heterocycles. The zero-order chi connectivity index (χ0) is 14.6. The lowest BCUT2D eigenvalue weighted by Crippen LogP contribution is -2.04. The zero-order valence-electron chi connectivity index (χ0n) is 10.2. The SMILES string of the molecule is N#C/C(=C\c1ccc(C(F)(F)F)cc1)c1ccccn1. The van der Waals surface area contributed by atoms with Crippen LogP contribution in [0.5, 0.6) is 0 Å². The molecule has 0 radical (unpaired) electrons. The Kier molecular flexibility index (Phi) is 3.85. The molecular formula is C15H9F3N2. The molecular weight excluding hydrogens is 265 g/mol. The molecule has 5 heteroatoms. The summed E-state index contributed by atoms with van der Waals surface area (Å²) < 4.78 is 37.3. The summed E-state index contributed by atoms with van der Waals surface area (Å²) in [6.45, 7) is 0. The van der Waals surface area contributed by atoms with E-state index in [2.05, 4.69) is 4.98 Å². The molecule has 0 unspecified atom stereocenters. The van der Waals surface area contributed by atoms with Crippen molar-refractivity contribution in [2.24, 2.45) is 0 Å². The van der Waals surface area contributed by atoms with Gasteiger partial charge >= 0.3 is 6.18 Å². The molecule has 2 aromatic rings. The maximum absolute atomic E-state index is 12.4. The standard InChI is InChI=1S/C15H9F3N2/c16-15(17,18)13-6-4-11(5-7-13)9-12(10-19)14-3-1-2-8-20-14/h1-9H/b12-9+. The highest BCUT2D eigenvalue weighted by atomic mass is 19.4. The van der Waals surface area contributed by atoms with Crippen molar-refractivity contribution in [2.75, 3.05) is 0 Å². The Labute approximate surface area is 113 Å². The third kappa shape index (κ3) is 3.23. The third-order valence-corrected chi connectivity index (χ3v) is 2.61. The van der Waals surface area contributed by atoms with Gasteiger partial charge in [0.15, 0.2) is 0 Å². The number of nitrogens with zero attached hydrogens (tertiary/aromatic N) is 2. The van der Waals surface area contributed by atoms with Crippen molar-refractivity contribution in [3.05, 3.63) is 65.5 Å². The normalized spacial score (nSPS) is 12.0. The minimum Gasteiger partial charge on any atom is -0.256 e. The van der Waals surface area contributed by atoms with Crippen LogP contribution in [0.25, 0.3) is 11.6 Å². The average Bonchev–Trinajstić information content (AvgIpc) is 2.45. The van der Waals surface area contributed by atoms with Crippen LogP contribution in [0.1, 0.15) is 16.8 Å². The summed E-state index contributed by atoms with van der Waals surface area (Å²) in [4.78, 5) is 4.03. The number of rotatable bonds is 2. The van der Waals surface area contributed by atoms with Crippen LogP contribution in [0.3, 0.4) is 0 Å². The molecule has 0 bridgehead atoms. The second kappa shape index (κ2) is 5.57. The maximum Gasteiger partial charge on any atom is 0.416 e. The highest BCUT2D eigenvalue weighted by Gasteiger charge is 2.29. The molecule has 0 saturated heterocycles.